The fourth-order valence-electron chi connectivity index (χ4n) is 2.44. The van der Waals surface area contributed by atoms with Crippen LogP contribution in [0.25, 0.3) is 0 Å². The summed E-state index contributed by atoms with van der Waals surface area (Å²) in [5, 5.41) is 9.17. The molecule has 5 heteroatoms. The summed E-state index contributed by atoms with van der Waals surface area (Å²) in [5.41, 5.74) is 1.08. The lowest BCUT2D eigenvalue weighted by atomic mass is 10.0. The predicted molar refractivity (Wildman–Crippen MR) is 70.1 cm³/mol. The zero-order chi connectivity index (χ0) is 13.1. The predicted octanol–water partition coefficient (Wildman–Crippen LogP) is 1.31. The summed E-state index contributed by atoms with van der Waals surface area (Å²) in [7, 11) is 4.18. The number of carbonyl (C=O) groups is 1. The zero-order valence-corrected chi connectivity index (χ0v) is 10.8. The monoisotopic (exact) mass is 249 g/mol. The van der Waals surface area contributed by atoms with Crippen LogP contribution >= 0.6 is 0 Å². The molecule has 1 saturated heterocycles. The van der Waals surface area contributed by atoms with Crippen molar-refractivity contribution in [3.05, 3.63) is 24.0 Å². The molecular formula is C13H19N3O2. The summed E-state index contributed by atoms with van der Waals surface area (Å²) in [4.78, 5) is 19.6. The number of rotatable bonds is 3. The van der Waals surface area contributed by atoms with E-state index in [1.54, 1.807) is 12.3 Å². The molecule has 0 bridgehead atoms. The van der Waals surface area contributed by atoms with Crippen molar-refractivity contribution >= 4 is 11.7 Å². The van der Waals surface area contributed by atoms with E-state index in [1.165, 1.54) is 6.20 Å². The average Bonchev–Trinajstić information content (AvgIpc) is 2.39. The number of piperidine rings is 1. The van der Waals surface area contributed by atoms with Crippen molar-refractivity contribution in [1.82, 2.24) is 9.88 Å². The molecule has 1 aliphatic heterocycles. The first-order valence-electron chi connectivity index (χ1n) is 6.18. The van der Waals surface area contributed by atoms with E-state index in [0.29, 0.717) is 11.6 Å². The van der Waals surface area contributed by atoms with Crippen LogP contribution in [-0.4, -0.2) is 54.2 Å². The van der Waals surface area contributed by atoms with Crippen LogP contribution in [0.15, 0.2) is 18.5 Å². The summed E-state index contributed by atoms with van der Waals surface area (Å²) >= 11 is 0. The number of hydrogen-bond donors (Lipinski definition) is 1. The molecule has 0 unspecified atom stereocenters. The first-order valence-corrected chi connectivity index (χ1v) is 6.18. The molecule has 0 radical (unpaired) electrons. The number of carboxylic acid groups (broad SMARTS) is 1. The third-order valence-corrected chi connectivity index (χ3v) is 3.57. The van der Waals surface area contributed by atoms with E-state index < -0.39 is 5.97 Å². The maximum Gasteiger partial charge on any atom is 0.337 e. The Kier molecular flexibility index (Phi) is 3.81. The number of pyridine rings is 1. The van der Waals surface area contributed by atoms with Gasteiger partial charge in [-0.25, -0.2) is 4.79 Å². The summed E-state index contributed by atoms with van der Waals surface area (Å²) in [6.07, 6.45) is 5.29. The molecule has 0 atom stereocenters. The highest BCUT2D eigenvalue weighted by Crippen LogP contribution is 2.24. The zero-order valence-electron chi connectivity index (χ0n) is 10.8. The van der Waals surface area contributed by atoms with Crippen LogP contribution in [0, 0.1) is 0 Å². The second-order valence-electron chi connectivity index (χ2n) is 4.88. The van der Waals surface area contributed by atoms with E-state index >= 15 is 0 Å². The van der Waals surface area contributed by atoms with Crippen molar-refractivity contribution in [3.8, 4) is 0 Å². The van der Waals surface area contributed by atoms with E-state index in [4.69, 9.17) is 0 Å². The smallest absolute Gasteiger partial charge is 0.337 e. The standard InChI is InChI=1S/C13H19N3O2/c1-15(2)10-4-7-16(8-5-10)12-9-14-6-3-11(12)13(17)18/h3,6,9-10H,4-5,7-8H2,1-2H3,(H,17,18). The van der Waals surface area contributed by atoms with Gasteiger partial charge in [0.25, 0.3) is 0 Å². The number of carboxylic acids is 1. The molecule has 1 fully saturated rings. The quantitative estimate of drug-likeness (QED) is 0.875. The summed E-state index contributed by atoms with van der Waals surface area (Å²) in [6, 6.07) is 2.15. The van der Waals surface area contributed by atoms with Crippen molar-refractivity contribution in [2.45, 2.75) is 18.9 Å². The average molecular weight is 249 g/mol. The third-order valence-electron chi connectivity index (χ3n) is 3.57. The number of nitrogens with zero attached hydrogens (tertiary/aromatic N) is 3. The molecule has 5 nitrogen and oxygen atoms in total. The van der Waals surface area contributed by atoms with Crippen LogP contribution < -0.4 is 4.90 Å². The van der Waals surface area contributed by atoms with Gasteiger partial charge in [0.15, 0.2) is 0 Å². The molecule has 2 heterocycles. The van der Waals surface area contributed by atoms with Gasteiger partial charge < -0.3 is 14.9 Å². The van der Waals surface area contributed by atoms with Crippen LogP contribution in [0.3, 0.4) is 0 Å². The topological polar surface area (TPSA) is 56.7 Å². The minimum atomic E-state index is -0.887. The Morgan fingerprint density at radius 2 is 2.11 bits per heavy atom. The van der Waals surface area contributed by atoms with E-state index in [2.05, 4.69) is 28.9 Å². The van der Waals surface area contributed by atoms with Gasteiger partial charge in [0.2, 0.25) is 0 Å². The number of aromatic nitrogens is 1. The Balaban J connectivity index is 2.12. The summed E-state index contributed by atoms with van der Waals surface area (Å²) < 4.78 is 0. The van der Waals surface area contributed by atoms with Gasteiger partial charge in [-0.1, -0.05) is 0 Å². The van der Waals surface area contributed by atoms with E-state index in [-0.39, 0.29) is 0 Å². The van der Waals surface area contributed by atoms with Crippen molar-refractivity contribution in [1.29, 1.82) is 0 Å². The Hall–Kier alpha value is -1.62. The summed E-state index contributed by atoms with van der Waals surface area (Å²) in [5.74, 6) is -0.887. The molecule has 0 aliphatic carbocycles. The Morgan fingerprint density at radius 1 is 1.44 bits per heavy atom. The van der Waals surface area contributed by atoms with Gasteiger partial charge in [0.05, 0.1) is 17.4 Å². The van der Waals surface area contributed by atoms with Crippen molar-refractivity contribution in [3.63, 3.8) is 0 Å². The minimum Gasteiger partial charge on any atom is -0.478 e. The normalized spacial score (nSPS) is 17.2. The van der Waals surface area contributed by atoms with Gasteiger partial charge in [-0.05, 0) is 33.0 Å². The van der Waals surface area contributed by atoms with Crippen LogP contribution in [0.4, 0.5) is 5.69 Å². The van der Waals surface area contributed by atoms with E-state index in [9.17, 15) is 9.90 Å². The third kappa shape index (κ3) is 2.61. The molecule has 1 aromatic rings. The van der Waals surface area contributed by atoms with Crippen LogP contribution in [0.2, 0.25) is 0 Å². The maximum absolute atomic E-state index is 11.2. The lowest BCUT2D eigenvalue weighted by Crippen LogP contribution is -2.42. The highest BCUT2D eigenvalue weighted by Gasteiger charge is 2.23. The fourth-order valence-corrected chi connectivity index (χ4v) is 2.44. The maximum atomic E-state index is 11.2. The van der Waals surface area contributed by atoms with Gasteiger partial charge in [-0.2, -0.15) is 0 Å². The Bertz CT molecular complexity index is 426. The molecule has 0 amide bonds. The van der Waals surface area contributed by atoms with E-state index in [1.807, 2.05) is 0 Å². The van der Waals surface area contributed by atoms with E-state index in [0.717, 1.165) is 31.6 Å². The molecule has 1 aromatic heterocycles. The molecule has 0 saturated carbocycles. The second-order valence-corrected chi connectivity index (χ2v) is 4.88. The molecule has 2 rings (SSSR count). The highest BCUT2D eigenvalue weighted by atomic mass is 16.4. The molecule has 0 aromatic carbocycles. The number of aromatic carboxylic acids is 1. The number of hydrogen-bond acceptors (Lipinski definition) is 4. The van der Waals surface area contributed by atoms with Crippen molar-refractivity contribution in [2.75, 3.05) is 32.1 Å². The molecule has 0 spiro atoms. The van der Waals surface area contributed by atoms with Gasteiger partial charge in [-0.15, -0.1) is 0 Å². The van der Waals surface area contributed by atoms with Crippen LogP contribution in [0.1, 0.15) is 23.2 Å². The second kappa shape index (κ2) is 5.35. The molecular weight excluding hydrogens is 230 g/mol. The number of anilines is 1. The van der Waals surface area contributed by atoms with Gasteiger partial charge in [0.1, 0.15) is 0 Å². The molecule has 1 N–H and O–H groups in total. The molecule has 98 valence electrons. The summed E-state index contributed by atoms with van der Waals surface area (Å²) in [6.45, 7) is 1.77. The lowest BCUT2D eigenvalue weighted by Gasteiger charge is -2.36. The lowest BCUT2D eigenvalue weighted by molar-refractivity contribution is 0.0697. The van der Waals surface area contributed by atoms with Crippen molar-refractivity contribution in [2.24, 2.45) is 0 Å². The minimum absolute atomic E-state index is 0.341. The van der Waals surface area contributed by atoms with Gasteiger partial charge >= 0.3 is 5.97 Å². The van der Waals surface area contributed by atoms with Gasteiger partial charge in [-0.3, -0.25) is 4.98 Å². The Labute approximate surface area is 107 Å². The largest absolute Gasteiger partial charge is 0.478 e. The highest BCUT2D eigenvalue weighted by molar-refractivity contribution is 5.94. The van der Waals surface area contributed by atoms with Crippen molar-refractivity contribution < 1.29 is 9.90 Å². The fraction of sp³-hybridized carbons (Fsp3) is 0.538. The first-order chi connectivity index (χ1) is 8.59. The SMILES string of the molecule is CN(C)C1CCN(c2cnccc2C(=O)O)CC1. The van der Waals surface area contributed by atoms with Crippen LogP contribution in [-0.2, 0) is 0 Å². The first kappa shape index (κ1) is 12.8. The molecule has 18 heavy (non-hydrogen) atoms. The van der Waals surface area contributed by atoms with Gasteiger partial charge in [0, 0.05) is 25.3 Å². The Morgan fingerprint density at radius 3 is 2.67 bits per heavy atom. The molecule has 1 aliphatic rings. The van der Waals surface area contributed by atoms with Crippen LogP contribution in [0.5, 0.6) is 0 Å².